The predicted octanol–water partition coefficient (Wildman–Crippen LogP) is 1.20. The molecule has 144 valence electrons. The van der Waals surface area contributed by atoms with E-state index < -0.39 is 0 Å². The Balaban J connectivity index is 1.47. The van der Waals surface area contributed by atoms with Crippen molar-refractivity contribution >= 4 is 5.91 Å². The van der Waals surface area contributed by atoms with E-state index in [0.717, 1.165) is 50.4 Å². The van der Waals surface area contributed by atoms with E-state index in [1.165, 1.54) is 6.42 Å². The zero-order valence-electron chi connectivity index (χ0n) is 15.5. The zero-order valence-corrected chi connectivity index (χ0v) is 15.5. The molecule has 0 aromatic carbocycles. The van der Waals surface area contributed by atoms with Crippen LogP contribution in [0.1, 0.15) is 47.4 Å². The second kappa shape index (κ2) is 8.58. The number of aryl methyl sites for hydroxylation is 1. The molecule has 0 unspecified atom stereocenters. The monoisotopic (exact) mass is 370 g/mol. The lowest BCUT2D eigenvalue weighted by molar-refractivity contribution is 0.0153. The van der Waals surface area contributed by atoms with Crippen LogP contribution in [0.2, 0.25) is 0 Å². The molecule has 0 radical (unpaired) electrons. The lowest BCUT2D eigenvalue weighted by Gasteiger charge is -2.34. The summed E-state index contributed by atoms with van der Waals surface area (Å²) in [5.41, 5.74) is 0.958. The Labute approximate surface area is 158 Å². The van der Waals surface area contributed by atoms with Crippen molar-refractivity contribution in [3.05, 3.63) is 41.7 Å². The molecule has 2 aliphatic heterocycles. The molecule has 2 aliphatic rings. The molecule has 2 aromatic heterocycles. The maximum Gasteiger partial charge on any atom is 0.289 e. The minimum absolute atomic E-state index is 0.0191. The summed E-state index contributed by atoms with van der Waals surface area (Å²) in [4.78, 5) is 19.6. The van der Waals surface area contributed by atoms with Crippen LogP contribution in [0.15, 0.2) is 24.4 Å². The SMILES string of the molecule is O=C(NC[C@H](c1ccccn1)N1CCOCC1)c1nnc2n1CCCCC2. The average molecular weight is 370 g/mol. The summed E-state index contributed by atoms with van der Waals surface area (Å²) in [7, 11) is 0. The highest BCUT2D eigenvalue weighted by Crippen LogP contribution is 2.20. The quantitative estimate of drug-likeness (QED) is 0.851. The fourth-order valence-corrected chi connectivity index (χ4v) is 3.80. The van der Waals surface area contributed by atoms with Gasteiger partial charge in [0.2, 0.25) is 5.82 Å². The van der Waals surface area contributed by atoms with Gasteiger partial charge in [-0.25, -0.2) is 0 Å². The summed E-state index contributed by atoms with van der Waals surface area (Å²) in [6.45, 7) is 4.37. The first-order valence-electron chi connectivity index (χ1n) is 9.76. The van der Waals surface area contributed by atoms with Gasteiger partial charge in [0.05, 0.1) is 24.9 Å². The fourth-order valence-electron chi connectivity index (χ4n) is 3.80. The van der Waals surface area contributed by atoms with E-state index in [1.807, 2.05) is 22.8 Å². The summed E-state index contributed by atoms with van der Waals surface area (Å²) < 4.78 is 7.45. The first kappa shape index (κ1) is 18.1. The number of carbonyl (C=O) groups is 1. The Kier molecular flexibility index (Phi) is 5.74. The first-order chi connectivity index (χ1) is 13.3. The number of fused-ring (bicyclic) bond motifs is 1. The molecule has 4 heterocycles. The second-order valence-electron chi connectivity index (χ2n) is 7.03. The van der Waals surface area contributed by atoms with Crippen molar-refractivity contribution < 1.29 is 9.53 Å². The molecule has 1 amide bonds. The van der Waals surface area contributed by atoms with Crippen LogP contribution in [0.4, 0.5) is 0 Å². The van der Waals surface area contributed by atoms with Gasteiger partial charge in [0.1, 0.15) is 5.82 Å². The molecule has 1 fully saturated rings. The Morgan fingerprint density at radius 3 is 2.85 bits per heavy atom. The number of nitrogens with one attached hydrogen (secondary N) is 1. The van der Waals surface area contributed by atoms with Crippen LogP contribution in [-0.4, -0.2) is 63.4 Å². The van der Waals surface area contributed by atoms with E-state index in [4.69, 9.17) is 4.74 Å². The topological polar surface area (TPSA) is 85.2 Å². The molecule has 0 aliphatic carbocycles. The van der Waals surface area contributed by atoms with Crippen molar-refractivity contribution in [2.75, 3.05) is 32.8 Å². The predicted molar refractivity (Wildman–Crippen MR) is 99.3 cm³/mol. The molecule has 0 saturated carbocycles. The highest BCUT2D eigenvalue weighted by Gasteiger charge is 2.26. The third-order valence-electron chi connectivity index (χ3n) is 5.28. The van der Waals surface area contributed by atoms with Crippen molar-refractivity contribution in [1.29, 1.82) is 0 Å². The first-order valence-corrected chi connectivity index (χ1v) is 9.76. The summed E-state index contributed by atoms with van der Waals surface area (Å²) in [5.74, 6) is 1.19. The second-order valence-corrected chi connectivity index (χ2v) is 7.03. The number of nitrogens with zero attached hydrogens (tertiary/aromatic N) is 5. The third-order valence-corrected chi connectivity index (χ3v) is 5.28. The fraction of sp³-hybridized carbons (Fsp3) is 0.579. The smallest absolute Gasteiger partial charge is 0.289 e. The average Bonchev–Trinajstić information content (AvgIpc) is 2.98. The van der Waals surface area contributed by atoms with Crippen LogP contribution < -0.4 is 5.32 Å². The van der Waals surface area contributed by atoms with Crippen molar-refractivity contribution in [3.63, 3.8) is 0 Å². The highest BCUT2D eigenvalue weighted by molar-refractivity contribution is 5.90. The molecule has 2 aromatic rings. The number of rotatable bonds is 5. The number of hydrogen-bond donors (Lipinski definition) is 1. The summed E-state index contributed by atoms with van der Waals surface area (Å²) in [5, 5.41) is 11.4. The minimum atomic E-state index is -0.162. The number of ether oxygens (including phenoxy) is 1. The number of hydrogen-bond acceptors (Lipinski definition) is 6. The van der Waals surface area contributed by atoms with E-state index in [2.05, 4.69) is 25.4 Å². The lowest BCUT2D eigenvalue weighted by atomic mass is 10.1. The van der Waals surface area contributed by atoms with E-state index in [0.29, 0.717) is 25.6 Å². The molecule has 4 rings (SSSR count). The maximum absolute atomic E-state index is 12.8. The number of pyridine rings is 1. The van der Waals surface area contributed by atoms with Crippen LogP contribution in [0.5, 0.6) is 0 Å². The largest absolute Gasteiger partial charge is 0.379 e. The van der Waals surface area contributed by atoms with Crippen LogP contribution >= 0.6 is 0 Å². The van der Waals surface area contributed by atoms with E-state index in [9.17, 15) is 4.79 Å². The summed E-state index contributed by atoms with van der Waals surface area (Å²) >= 11 is 0. The van der Waals surface area contributed by atoms with E-state index >= 15 is 0 Å². The summed E-state index contributed by atoms with van der Waals surface area (Å²) in [6, 6.07) is 5.92. The Morgan fingerprint density at radius 2 is 2.04 bits per heavy atom. The van der Waals surface area contributed by atoms with Gasteiger partial charge in [0.25, 0.3) is 5.91 Å². The lowest BCUT2D eigenvalue weighted by Crippen LogP contribution is -2.44. The molecule has 8 heteroatoms. The van der Waals surface area contributed by atoms with Gasteiger partial charge in [-0.1, -0.05) is 12.5 Å². The number of carbonyl (C=O) groups excluding carboxylic acids is 1. The minimum Gasteiger partial charge on any atom is -0.379 e. The van der Waals surface area contributed by atoms with Crippen LogP contribution in [0, 0.1) is 0 Å². The number of aromatic nitrogens is 4. The summed E-state index contributed by atoms with van der Waals surface area (Å²) in [6.07, 6.45) is 6.03. The third kappa shape index (κ3) is 4.17. The van der Waals surface area contributed by atoms with E-state index in [-0.39, 0.29) is 11.9 Å². The Morgan fingerprint density at radius 1 is 1.15 bits per heavy atom. The normalized spacial score (nSPS) is 19.1. The Hall–Kier alpha value is -2.32. The van der Waals surface area contributed by atoms with Gasteiger partial charge in [0.15, 0.2) is 0 Å². The van der Waals surface area contributed by atoms with Gasteiger partial charge < -0.3 is 14.6 Å². The number of amides is 1. The van der Waals surface area contributed by atoms with E-state index in [1.54, 1.807) is 6.20 Å². The van der Waals surface area contributed by atoms with Gasteiger partial charge in [-0.2, -0.15) is 0 Å². The van der Waals surface area contributed by atoms with Crippen molar-refractivity contribution in [1.82, 2.24) is 30.0 Å². The van der Waals surface area contributed by atoms with Gasteiger partial charge in [-0.3, -0.25) is 14.7 Å². The molecular weight excluding hydrogens is 344 g/mol. The highest BCUT2D eigenvalue weighted by atomic mass is 16.5. The van der Waals surface area contributed by atoms with Crippen molar-refractivity contribution in [3.8, 4) is 0 Å². The Bertz CT molecular complexity index is 757. The van der Waals surface area contributed by atoms with Gasteiger partial charge in [0, 0.05) is 38.8 Å². The molecule has 1 N–H and O–H groups in total. The molecule has 1 atom stereocenters. The molecule has 27 heavy (non-hydrogen) atoms. The molecular formula is C19H26N6O2. The molecule has 1 saturated heterocycles. The molecule has 8 nitrogen and oxygen atoms in total. The molecule has 0 bridgehead atoms. The maximum atomic E-state index is 12.8. The molecule has 0 spiro atoms. The van der Waals surface area contributed by atoms with Crippen LogP contribution in [0.3, 0.4) is 0 Å². The van der Waals surface area contributed by atoms with Crippen LogP contribution in [-0.2, 0) is 17.7 Å². The van der Waals surface area contributed by atoms with Gasteiger partial charge >= 0.3 is 0 Å². The van der Waals surface area contributed by atoms with Crippen molar-refractivity contribution in [2.24, 2.45) is 0 Å². The standard InChI is InChI=1S/C19H26N6O2/c26-19(18-23-22-17-7-2-1-5-9-25(17)18)21-14-16(15-6-3-4-8-20-15)24-10-12-27-13-11-24/h3-4,6,8,16H,1-2,5,7,9-14H2,(H,21,26)/t16-/m1/s1. The van der Waals surface area contributed by atoms with Crippen LogP contribution in [0.25, 0.3) is 0 Å². The van der Waals surface area contributed by atoms with Crippen molar-refractivity contribution in [2.45, 2.75) is 38.3 Å². The van der Waals surface area contributed by atoms with Gasteiger partial charge in [-0.05, 0) is 25.0 Å². The zero-order chi connectivity index (χ0) is 18.5. The number of morpholine rings is 1. The van der Waals surface area contributed by atoms with Gasteiger partial charge in [-0.15, -0.1) is 10.2 Å².